The second kappa shape index (κ2) is 6.45. The number of benzene rings is 2. The lowest BCUT2D eigenvalue weighted by Crippen LogP contribution is -2.24. The van der Waals surface area contributed by atoms with Crippen molar-refractivity contribution in [2.24, 2.45) is 0 Å². The molecule has 0 heterocycles. The molecule has 1 amide bonds. The number of nitrogens with one attached hydrogen (secondary N) is 1. The van der Waals surface area contributed by atoms with E-state index in [0.29, 0.717) is 11.7 Å². The Kier molecular flexibility index (Phi) is 4.37. The van der Waals surface area contributed by atoms with Gasteiger partial charge in [0.25, 0.3) is 0 Å². The van der Waals surface area contributed by atoms with Gasteiger partial charge in [0.1, 0.15) is 5.75 Å². The number of hydrogen-bond donors (Lipinski definition) is 2. The minimum absolute atomic E-state index is 0.00819. The van der Waals surface area contributed by atoms with Gasteiger partial charge < -0.3 is 10.4 Å². The van der Waals surface area contributed by atoms with Crippen molar-refractivity contribution in [1.82, 2.24) is 0 Å². The number of aromatic hydroxyl groups is 1. The van der Waals surface area contributed by atoms with E-state index in [1.807, 2.05) is 24.3 Å². The quantitative estimate of drug-likeness (QED) is 0.872. The molecule has 2 aromatic rings. The van der Waals surface area contributed by atoms with Crippen LogP contribution in [0, 0.1) is 0 Å². The molecule has 0 saturated heterocycles. The summed E-state index contributed by atoms with van der Waals surface area (Å²) in [5.41, 5.74) is 3.98. The molecule has 23 heavy (non-hydrogen) atoms. The molecule has 120 valence electrons. The van der Waals surface area contributed by atoms with E-state index in [4.69, 9.17) is 0 Å². The van der Waals surface area contributed by atoms with Gasteiger partial charge in [-0.3, -0.25) is 4.79 Å². The first-order chi connectivity index (χ1) is 11.1. The van der Waals surface area contributed by atoms with Crippen molar-refractivity contribution < 1.29 is 9.90 Å². The largest absolute Gasteiger partial charge is 0.508 e. The Balaban J connectivity index is 1.78. The van der Waals surface area contributed by atoms with Gasteiger partial charge in [-0.05, 0) is 60.1 Å². The van der Waals surface area contributed by atoms with Crippen molar-refractivity contribution in [2.75, 3.05) is 5.32 Å². The first-order valence-electron chi connectivity index (χ1n) is 8.28. The number of hydrogen-bond acceptors (Lipinski definition) is 2. The zero-order valence-corrected chi connectivity index (χ0v) is 13.7. The number of carbonyl (C=O) groups is 1. The lowest BCUT2D eigenvalue weighted by molar-refractivity contribution is -0.117. The van der Waals surface area contributed by atoms with Gasteiger partial charge in [0.15, 0.2) is 0 Å². The SMILES string of the molecule is CC(C)c1ccc(NC(=O)C2CCCc3c(O)cccc32)cc1. The fourth-order valence-corrected chi connectivity index (χ4v) is 3.28. The molecule has 2 N–H and O–H groups in total. The van der Waals surface area contributed by atoms with E-state index in [9.17, 15) is 9.90 Å². The van der Waals surface area contributed by atoms with Crippen LogP contribution in [-0.2, 0) is 11.2 Å². The van der Waals surface area contributed by atoms with Crippen molar-refractivity contribution in [3.63, 3.8) is 0 Å². The standard InChI is InChI=1S/C20H23NO2/c1-13(2)14-9-11-15(12-10-14)21-20(23)18-7-3-6-17-16(18)5-4-8-19(17)22/h4-5,8-13,18,22H,3,6-7H2,1-2H3,(H,21,23). The average molecular weight is 309 g/mol. The van der Waals surface area contributed by atoms with Crippen LogP contribution in [0.2, 0.25) is 0 Å². The third-order valence-corrected chi connectivity index (χ3v) is 4.64. The summed E-state index contributed by atoms with van der Waals surface area (Å²) in [5.74, 6) is 0.610. The Morgan fingerprint density at radius 1 is 1.17 bits per heavy atom. The third-order valence-electron chi connectivity index (χ3n) is 4.64. The molecule has 0 radical (unpaired) electrons. The van der Waals surface area contributed by atoms with Crippen LogP contribution in [-0.4, -0.2) is 11.0 Å². The molecular weight excluding hydrogens is 286 g/mol. The molecule has 0 spiro atoms. The molecule has 1 atom stereocenters. The van der Waals surface area contributed by atoms with Gasteiger partial charge in [-0.15, -0.1) is 0 Å². The summed E-state index contributed by atoms with van der Waals surface area (Å²) >= 11 is 0. The molecular formula is C20H23NO2. The zero-order chi connectivity index (χ0) is 16.4. The topological polar surface area (TPSA) is 49.3 Å². The van der Waals surface area contributed by atoms with Gasteiger partial charge in [-0.25, -0.2) is 0 Å². The minimum atomic E-state index is -0.185. The van der Waals surface area contributed by atoms with Crippen LogP contribution in [0.25, 0.3) is 0 Å². The van der Waals surface area contributed by atoms with Crippen LogP contribution >= 0.6 is 0 Å². The van der Waals surface area contributed by atoms with Crippen LogP contribution in [0.4, 0.5) is 5.69 Å². The molecule has 1 aliphatic carbocycles. The maximum Gasteiger partial charge on any atom is 0.231 e. The molecule has 0 fully saturated rings. The fourth-order valence-electron chi connectivity index (χ4n) is 3.28. The summed E-state index contributed by atoms with van der Waals surface area (Å²) in [5, 5.41) is 13.0. The first-order valence-corrected chi connectivity index (χ1v) is 8.28. The fraction of sp³-hybridized carbons (Fsp3) is 0.350. The summed E-state index contributed by atoms with van der Waals surface area (Å²) in [7, 11) is 0. The smallest absolute Gasteiger partial charge is 0.231 e. The predicted octanol–water partition coefficient (Wildman–Crippen LogP) is 4.57. The maximum atomic E-state index is 12.7. The van der Waals surface area contributed by atoms with Gasteiger partial charge in [0.05, 0.1) is 5.92 Å². The van der Waals surface area contributed by atoms with Crippen LogP contribution in [0.5, 0.6) is 5.75 Å². The monoisotopic (exact) mass is 309 g/mol. The van der Waals surface area contributed by atoms with Crippen LogP contribution in [0.1, 0.15) is 55.2 Å². The maximum absolute atomic E-state index is 12.7. The van der Waals surface area contributed by atoms with Crippen LogP contribution in [0.3, 0.4) is 0 Å². The van der Waals surface area contributed by atoms with E-state index >= 15 is 0 Å². The highest BCUT2D eigenvalue weighted by Gasteiger charge is 2.27. The summed E-state index contributed by atoms with van der Waals surface area (Å²) in [6.07, 6.45) is 2.59. The Labute approximate surface area is 137 Å². The van der Waals surface area contributed by atoms with Crippen molar-refractivity contribution in [2.45, 2.75) is 44.9 Å². The van der Waals surface area contributed by atoms with E-state index in [-0.39, 0.29) is 11.8 Å². The van der Waals surface area contributed by atoms with E-state index < -0.39 is 0 Å². The van der Waals surface area contributed by atoms with Gasteiger partial charge >= 0.3 is 0 Å². The van der Waals surface area contributed by atoms with Gasteiger partial charge in [0.2, 0.25) is 5.91 Å². The lowest BCUT2D eigenvalue weighted by atomic mass is 9.82. The Hall–Kier alpha value is -2.29. The molecule has 1 unspecified atom stereocenters. The summed E-state index contributed by atoms with van der Waals surface area (Å²) in [4.78, 5) is 12.7. The normalized spacial score (nSPS) is 16.9. The molecule has 2 aromatic carbocycles. The highest BCUT2D eigenvalue weighted by atomic mass is 16.3. The number of carbonyl (C=O) groups excluding carboxylic acids is 1. The molecule has 3 nitrogen and oxygen atoms in total. The number of rotatable bonds is 3. The molecule has 3 rings (SSSR count). The summed E-state index contributed by atoms with van der Waals surface area (Å²) < 4.78 is 0. The highest BCUT2D eigenvalue weighted by molar-refractivity contribution is 5.96. The van der Waals surface area contributed by atoms with Crippen LogP contribution < -0.4 is 5.32 Å². The third kappa shape index (κ3) is 3.24. The minimum Gasteiger partial charge on any atom is -0.508 e. The molecule has 0 saturated carbocycles. The molecule has 1 aliphatic rings. The van der Waals surface area contributed by atoms with Crippen molar-refractivity contribution in [1.29, 1.82) is 0 Å². The van der Waals surface area contributed by atoms with Crippen molar-refractivity contribution >= 4 is 11.6 Å². The molecule has 3 heteroatoms. The van der Waals surface area contributed by atoms with E-state index in [2.05, 4.69) is 31.3 Å². The average Bonchev–Trinajstić information content (AvgIpc) is 2.55. The Bertz CT molecular complexity index is 704. The number of anilines is 1. The number of fused-ring (bicyclic) bond motifs is 1. The first kappa shape index (κ1) is 15.6. The Morgan fingerprint density at radius 2 is 1.91 bits per heavy atom. The second-order valence-corrected chi connectivity index (χ2v) is 6.56. The predicted molar refractivity (Wildman–Crippen MR) is 92.9 cm³/mol. The summed E-state index contributed by atoms with van der Waals surface area (Å²) in [6, 6.07) is 13.5. The lowest BCUT2D eigenvalue weighted by Gasteiger charge is -2.25. The Morgan fingerprint density at radius 3 is 2.61 bits per heavy atom. The van der Waals surface area contributed by atoms with E-state index in [0.717, 1.165) is 36.1 Å². The van der Waals surface area contributed by atoms with Crippen LogP contribution in [0.15, 0.2) is 42.5 Å². The highest BCUT2D eigenvalue weighted by Crippen LogP contribution is 2.36. The van der Waals surface area contributed by atoms with Gasteiger partial charge in [0, 0.05) is 5.69 Å². The molecule has 0 bridgehead atoms. The van der Waals surface area contributed by atoms with Crippen molar-refractivity contribution in [3.8, 4) is 5.75 Å². The van der Waals surface area contributed by atoms with Gasteiger partial charge in [-0.1, -0.05) is 38.1 Å². The van der Waals surface area contributed by atoms with E-state index in [1.165, 1.54) is 5.56 Å². The number of amides is 1. The zero-order valence-electron chi connectivity index (χ0n) is 13.7. The molecule has 0 aromatic heterocycles. The van der Waals surface area contributed by atoms with E-state index in [1.54, 1.807) is 6.07 Å². The van der Waals surface area contributed by atoms with Gasteiger partial charge in [-0.2, -0.15) is 0 Å². The second-order valence-electron chi connectivity index (χ2n) is 6.56. The molecule has 0 aliphatic heterocycles. The summed E-state index contributed by atoms with van der Waals surface area (Å²) in [6.45, 7) is 4.30. The number of phenols is 1. The van der Waals surface area contributed by atoms with Crippen molar-refractivity contribution in [3.05, 3.63) is 59.2 Å². The number of phenolic OH excluding ortho intramolecular Hbond substituents is 1.